The van der Waals surface area contributed by atoms with Gasteiger partial charge in [-0.25, -0.2) is 0 Å². The number of benzene rings is 1. The molecule has 0 bridgehead atoms. The van der Waals surface area contributed by atoms with E-state index in [9.17, 15) is 0 Å². The highest BCUT2D eigenvalue weighted by molar-refractivity contribution is 7.99. The quantitative estimate of drug-likeness (QED) is 0.573. The second kappa shape index (κ2) is 4.41. The zero-order chi connectivity index (χ0) is 8.97. The molecular weight excluding hydrogens is 166 g/mol. The number of rotatable bonds is 3. The van der Waals surface area contributed by atoms with Crippen molar-refractivity contribution in [2.24, 2.45) is 0 Å². The SMILES string of the molecule is CCCSc1cccc(C)c1N. The molecule has 0 aliphatic rings. The highest BCUT2D eigenvalue weighted by atomic mass is 32.2. The van der Waals surface area contributed by atoms with E-state index >= 15 is 0 Å². The van der Waals surface area contributed by atoms with Gasteiger partial charge in [-0.05, 0) is 30.7 Å². The first-order valence-electron chi connectivity index (χ1n) is 4.23. The van der Waals surface area contributed by atoms with E-state index in [1.54, 1.807) is 0 Å². The second-order valence-corrected chi connectivity index (χ2v) is 3.97. The summed E-state index contributed by atoms with van der Waals surface area (Å²) in [4.78, 5) is 1.22. The summed E-state index contributed by atoms with van der Waals surface area (Å²) in [5.41, 5.74) is 8.02. The summed E-state index contributed by atoms with van der Waals surface area (Å²) >= 11 is 1.84. The molecule has 0 saturated carbocycles. The van der Waals surface area contributed by atoms with Crippen molar-refractivity contribution in [3.63, 3.8) is 0 Å². The smallest absolute Gasteiger partial charge is 0.0481 e. The maximum atomic E-state index is 5.90. The minimum atomic E-state index is 0.941. The van der Waals surface area contributed by atoms with Crippen LogP contribution in [0.4, 0.5) is 5.69 Å². The predicted molar refractivity (Wildman–Crippen MR) is 56.6 cm³/mol. The van der Waals surface area contributed by atoms with Crippen LogP contribution in [0.3, 0.4) is 0 Å². The maximum absolute atomic E-state index is 5.90. The second-order valence-electron chi connectivity index (χ2n) is 2.84. The summed E-state index contributed by atoms with van der Waals surface area (Å²) in [6.45, 7) is 4.23. The summed E-state index contributed by atoms with van der Waals surface area (Å²) in [6, 6.07) is 6.19. The Morgan fingerprint density at radius 3 is 2.83 bits per heavy atom. The van der Waals surface area contributed by atoms with Gasteiger partial charge in [0.05, 0.1) is 0 Å². The van der Waals surface area contributed by atoms with E-state index in [1.165, 1.54) is 16.9 Å². The van der Waals surface area contributed by atoms with Crippen LogP contribution in [0, 0.1) is 6.92 Å². The van der Waals surface area contributed by atoms with Crippen LogP contribution in [-0.2, 0) is 0 Å². The van der Waals surface area contributed by atoms with Crippen LogP contribution in [0.5, 0.6) is 0 Å². The molecule has 2 heteroatoms. The van der Waals surface area contributed by atoms with E-state index in [-0.39, 0.29) is 0 Å². The van der Waals surface area contributed by atoms with Crippen LogP contribution >= 0.6 is 11.8 Å². The van der Waals surface area contributed by atoms with Crippen LogP contribution < -0.4 is 5.73 Å². The number of hydrogen-bond acceptors (Lipinski definition) is 2. The van der Waals surface area contributed by atoms with Crippen LogP contribution in [-0.4, -0.2) is 5.75 Å². The molecule has 0 spiro atoms. The van der Waals surface area contributed by atoms with E-state index in [2.05, 4.69) is 19.1 Å². The molecule has 0 aliphatic heterocycles. The fourth-order valence-corrected chi connectivity index (χ4v) is 1.91. The van der Waals surface area contributed by atoms with E-state index in [0.29, 0.717) is 0 Å². The van der Waals surface area contributed by atoms with Crippen LogP contribution in [0.1, 0.15) is 18.9 Å². The molecule has 0 amide bonds. The van der Waals surface area contributed by atoms with Crippen molar-refractivity contribution in [3.05, 3.63) is 23.8 Å². The lowest BCUT2D eigenvalue weighted by Crippen LogP contribution is -1.92. The predicted octanol–water partition coefficient (Wildman–Crippen LogP) is 3.08. The third-order valence-electron chi connectivity index (χ3n) is 1.75. The molecule has 1 aromatic carbocycles. The number of para-hydroxylation sites is 1. The average molecular weight is 181 g/mol. The molecule has 12 heavy (non-hydrogen) atoms. The van der Waals surface area contributed by atoms with Crippen molar-refractivity contribution in [3.8, 4) is 0 Å². The minimum absolute atomic E-state index is 0.941. The average Bonchev–Trinajstić information content (AvgIpc) is 2.08. The van der Waals surface area contributed by atoms with Gasteiger partial charge in [-0.15, -0.1) is 11.8 Å². The van der Waals surface area contributed by atoms with Gasteiger partial charge in [-0.2, -0.15) is 0 Å². The largest absolute Gasteiger partial charge is 0.398 e. The van der Waals surface area contributed by atoms with Crippen molar-refractivity contribution in [2.45, 2.75) is 25.2 Å². The summed E-state index contributed by atoms with van der Waals surface area (Å²) in [7, 11) is 0. The van der Waals surface area contributed by atoms with Crippen LogP contribution in [0.2, 0.25) is 0 Å². The van der Waals surface area contributed by atoms with Crippen molar-refractivity contribution >= 4 is 17.4 Å². The highest BCUT2D eigenvalue weighted by Crippen LogP contribution is 2.27. The number of thioether (sulfide) groups is 1. The van der Waals surface area contributed by atoms with Gasteiger partial charge in [0.25, 0.3) is 0 Å². The maximum Gasteiger partial charge on any atom is 0.0481 e. The molecule has 0 fully saturated rings. The van der Waals surface area contributed by atoms with Crippen LogP contribution in [0.15, 0.2) is 23.1 Å². The van der Waals surface area contributed by atoms with Gasteiger partial charge in [-0.1, -0.05) is 19.1 Å². The zero-order valence-electron chi connectivity index (χ0n) is 7.63. The van der Waals surface area contributed by atoms with E-state index in [0.717, 1.165) is 11.4 Å². The number of aryl methyl sites for hydroxylation is 1. The molecular formula is C10H15NS. The standard InChI is InChI=1S/C10H15NS/c1-3-7-12-9-6-4-5-8(2)10(9)11/h4-6H,3,7,11H2,1-2H3. The first kappa shape index (κ1) is 9.46. The molecule has 2 N–H and O–H groups in total. The molecule has 0 radical (unpaired) electrons. The first-order chi connectivity index (χ1) is 5.75. The summed E-state index contributed by atoms with van der Waals surface area (Å²) in [5.74, 6) is 1.15. The molecule has 66 valence electrons. The molecule has 1 rings (SSSR count). The highest BCUT2D eigenvalue weighted by Gasteiger charge is 2.00. The molecule has 0 aliphatic carbocycles. The van der Waals surface area contributed by atoms with Gasteiger partial charge >= 0.3 is 0 Å². The van der Waals surface area contributed by atoms with Gasteiger partial charge in [0.1, 0.15) is 0 Å². The van der Waals surface area contributed by atoms with E-state index < -0.39 is 0 Å². The Bertz CT molecular complexity index is 258. The van der Waals surface area contributed by atoms with Crippen LogP contribution in [0.25, 0.3) is 0 Å². The lowest BCUT2D eigenvalue weighted by Gasteiger charge is -2.06. The number of hydrogen-bond donors (Lipinski definition) is 1. The first-order valence-corrected chi connectivity index (χ1v) is 5.22. The van der Waals surface area contributed by atoms with Gasteiger partial charge < -0.3 is 5.73 Å². The lowest BCUT2D eigenvalue weighted by atomic mass is 10.2. The van der Waals surface area contributed by atoms with Gasteiger partial charge in [0.15, 0.2) is 0 Å². The number of nitrogens with two attached hydrogens (primary N) is 1. The van der Waals surface area contributed by atoms with Gasteiger partial charge in [-0.3, -0.25) is 0 Å². The third-order valence-corrected chi connectivity index (χ3v) is 3.03. The van der Waals surface area contributed by atoms with Crippen molar-refractivity contribution in [1.82, 2.24) is 0 Å². The summed E-state index contributed by atoms with van der Waals surface area (Å²) in [6.07, 6.45) is 1.19. The Labute approximate surface area is 78.4 Å². The van der Waals surface area contributed by atoms with Crippen molar-refractivity contribution in [2.75, 3.05) is 11.5 Å². The molecule has 0 saturated heterocycles. The van der Waals surface area contributed by atoms with Gasteiger partial charge in [0, 0.05) is 10.6 Å². The molecule has 1 nitrogen and oxygen atoms in total. The third kappa shape index (κ3) is 2.18. The Morgan fingerprint density at radius 2 is 2.17 bits per heavy atom. The van der Waals surface area contributed by atoms with Crippen molar-refractivity contribution < 1.29 is 0 Å². The Kier molecular flexibility index (Phi) is 3.48. The molecule has 0 heterocycles. The zero-order valence-corrected chi connectivity index (χ0v) is 8.45. The Hall–Kier alpha value is -0.630. The lowest BCUT2D eigenvalue weighted by molar-refractivity contribution is 1.10. The molecule has 0 atom stereocenters. The summed E-state index contributed by atoms with van der Waals surface area (Å²) < 4.78 is 0. The monoisotopic (exact) mass is 181 g/mol. The minimum Gasteiger partial charge on any atom is -0.398 e. The van der Waals surface area contributed by atoms with E-state index in [4.69, 9.17) is 5.73 Å². The number of nitrogen functional groups attached to an aromatic ring is 1. The van der Waals surface area contributed by atoms with Crippen molar-refractivity contribution in [1.29, 1.82) is 0 Å². The normalized spacial score (nSPS) is 10.2. The molecule has 0 aromatic heterocycles. The summed E-state index contributed by atoms with van der Waals surface area (Å²) in [5, 5.41) is 0. The van der Waals surface area contributed by atoms with E-state index in [1.807, 2.05) is 24.8 Å². The molecule has 1 aromatic rings. The molecule has 0 unspecified atom stereocenters. The fraction of sp³-hybridized carbons (Fsp3) is 0.400. The van der Waals surface area contributed by atoms with Gasteiger partial charge in [0.2, 0.25) is 0 Å². The Balaban J connectivity index is 2.78. The fourth-order valence-electron chi connectivity index (χ4n) is 0.992. The number of anilines is 1. The topological polar surface area (TPSA) is 26.0 Å². The Morgan fingerprint density at radius 1 is 1.42 bits per heavy atom.